The zero-order valence-corrected chi connectivity index (χ0v) is 18.0. The number of esters is 1. The summed E-state index contributed by atoms with van der Waals surface area (Å²) in [5.74, 6) is -0.0696. The smallest absolute Gasteiger partial charge is 0.311 e. The zero-order chi connectivity index (χ0) is 21.3. The average Bonchev–Trinajstić information content (AvgIpc) is 2.63. The molecular weight excluding hydrogens is 364 g/mol. The van der Waals surface area contributed by atoms with Gasteiger partial charge in [0.15, 0.2) is 5.76 Å². The molecule has 4 heteroatoms. The van der Waals surface area contributed by atoms with E-state index in [9.17, 15) is 9.59 Å². The van der Waals surface area contributed by atoms with Gasteiger partial charge in [-0.25, -0.2) is 0 Å². The van der Waals surface area contributed by atoms with Crippen LogP contribution in [0.2, 0.25) is 0 Å². The standard InChI is InChI=1S/C25H28O4/c1-15(2)13-21(26)29-24-22(27)19-14-16(3)7-12-20(19)28-23(24)17-8-10-18(11-9-17)25(4,5)6/h7-12,14-15H,13H2,1-6H3. The lowest BCUT2D eigenvalue weighted by Gasteiger charge is -2.19. The molecule has 0 fully saturated rings. The Hall–Kier alpha value is -2.88. The van der Waals surface area contributed by atoms with Crippen molar-refractivity contribution in [2.24, 2.45) is 5.92 Å². The molecule has 29 heavy (non-hydrogen) atoms. The third kappa shape index (κ3) is 4.58. The summed E-state index contributed by atoms with van der Waals surface area (Å²) in [6.07, 6.45) is 0.230. The summed E-state index contributed by atoms with van der Waals surface area (Å²) in [7, 11) is 0. The number of aryl methyl sites for hydroxylation is 1. The van der Waals surface area contributed by atoms with Crippen LogP contribution in [0, 0.1) is 12.8 Å². The average molecular weight is 392 g/mol. The Morgan fingerprint density at radius 3 is 2.31 bits per heavy atom. The van der Waals surface area contributed by atoms with E-state index >= 15 is 0 Å². The van der Waals surface area contributed by atoms with Gasteiger partial charge in [0, 0.05) is 12.0 Å². The SMILES string of the molecule is Cc1ccc2oc(-c3ccc(C(C)(C)C)cc3)c(OC(=O)CC(C)C)c(=O)c2c1. The third-order valence-corrected chi connectivity index (χ3v) is 4.81. The van der Waals surface area contributed by atoms with Gasteiger partial charge in [0.05, 0.1) is 5.39 Å². The highest BCUT2D eigenvalue weighted by atomic mass is 16.5. The number of hydrogen-bond donors (Lipinski definition) is 0. The van der Waals surface area contributed by atoms with E-state index in [-0.39, 0.29) is 34.7 Å². The molecule has 0 saturated carbocycles. The molecule has 0 N–H and O–H groups in total. The Balaban J connectivity index is 2.18. The normalized spacial score (nSPS) is 11.8. The van der Waals surface area contributed by atoms with Gasteiger partial charge in [0.2, 0.25) is 11.2 Å². The van der Waals surface area contributed by atoms with Crippen LogP contribution in [-0.2, 0) is 10.2 Å². The first-order chi connectivity index (χ1) is 13.6. The molecule has 4 nitrogen and oxygen atoms in total. The molecule has 0 unspecified atom stereocenters. The quantitative estimate of drug-likeness (QED) is 0.510. The molecule has 0 saturated heterocycles. The minimum atomic E-state index is -0.438. The number of carbonyl (C=O) groups excluding carboxylic acids is 1. The monoisotopic (exact) mass is 392 g/mol. The summed E-state index contributed by atoms with van der Waals surface area (Å²) in [4.78, 5) is 25.5. The predicted molar refractivity (Wildman–Crippen MR) is 116 cm³/mol. The highest BCUT2D eigenvalue weighted by Crippen LogP contribution is 2.33. The summed E-state index contributed by atoms with van der Waals surface area (Å²) in [6.45, 7) is 12.2. The number of rotatable bonds is 4. The van der Waals surface area contributed by atoms with Crippen LogP contribution >= 0.6 is 0 Å². The van der Waals surface area contributed by atoms with Crippen molar-refractivity contribution in [3.05, 3.63) is 63.8 Å². The van der Waals surface area contributed by atoms with Crippen LogP contribution < -0.4 is 10.2 Å². The first-order valence-corrected chi connectivity index (χ1v) is 9.95. The molecule has 0 spiro atoms. The molecule has 1 aromatic heterocycles. The maximum absolute atomic E-state index is 13.2. The fraction of sp³-hybridized carbons (Fsp3) is 0.360. The minimum Gasteiger partial charge on any atom is -0.452 e. The van der Waals surface area contributed by atoms with Crippen LogP contribution in [0.3, 0.4) is 0 Å². The second-order valence-electron chi connectivity index (χ2n) is 8.99. The van der Waals surface area contributed by atoms with Crippen LogP contribution in [-0.4, -0.2) is 5.97 Å². The molecular formula is C25H28O4. The Kier molecular flexibility index (Phi) is 5.65. The van der Waals surface area contributed by atoms with Crippen molar-refractivity contribution in [2.75, 3.05) is 0 Å². The molecule has 1 heterocycles. The van der Waals surface area contributed by atoms with Gasteiger partial charge in [-0.3, -0.25) is 9.59 Å². The molecule has 0 aliphatic carbocycles. The summed E-state index contributed by atoms with van der Waals surface area (Å²) >= 11 is 0. The van der Waals surface area contributed by atoms with Crippen LogP contribution in [0.25, 0.3) is 22.3 Å². The molecule has 0 atom stereocenters. The molecule has 3 aromatic rings. The topological polar surface area (TPSA) is 56.5 Å². The predicted octanol–water partition coefficient (Wildman–Crippen LogP) is 6.02. The van der Waals surface area contributed by atoms with Gasteiger partial charge in [-0.15, -0.1) is 0 Å². The van der Waals surface area contributed by atoms with Crippen molar-refractivity contribution in [2.45, 2.75) is 53.4 Å². The lowest BCUT2D eigenvalue weighted by atomic mass is 9.86. The van der Waals surface area contributed by atoms with E-state index < -0.39 is 5.97 Å². The highest BCUT2D eigenvalue weighted by molar-refractivity contribution is 5.84. The number of fused-ring (bicyclic) bond motifs is 1. The lowest BCUT2D eigenvalue weighted by Crippen LogP contribution is -2.17. The second kappa shape index (κ2) is 7.86. The van der Waals surface area contributed by atoms with Gasteiger partial charge in [-0.1, -0.05) is 70.5 Å². The molecule has 3 rings (SSSR count). The number of hydrogen-bond acceptors (Lipinski definition) is 4. The van der Waals surface area contributed by atoms with Crippen LogP contribution in [0.4, 0.5) is 0 Å². The molecule has 2 aromatic carbocycles. The Morgan fingerprint density at radius 2 is 1.72 bits per heavy atom. The van der Waals surface area contributed by atoms with Gasteiger partial charge in [-0.05, 0) is 36.0 Å². The molecule has 0 aliphatic rings. The van der Waals surface area contributed by atoms with E-state index in [1.165, 1.54) is 5.56 Å². The largest absolute Gasteiger partial charge is 0.452 e. The van der Waals surface area contributed by atoms with E-state index in [0.29, 0.717) is 16.5 Å². The van der Waals surface area contributed by atoms with Gasteiger partial charge >= 0.3 is 5.97 Å². The van der Waals surface area contributed by atoms with Crippen LogP contribution in [0.5, 0.6) is 5.75 Å². The molecule has 0 bridgehead atoms. The molecule has 0 radical (unpaired) electrons. The number of ether oxygens (including phenoxy) is 1. The zero-order valence-electron chi connectivity index (χ0n) is 18.0. The Bertz CT molecular complexity index is 1100. The van der Waals surface area contributed by atoms with Crippen molar-refractivity contribution < 1.29 is 13.9 Å². The summed E-state index contributed by atoms with van der Waals surface area (Å²) in [6, 6.07) is 13.2. The Labute approximate surface area is 171 Å². The van der Waals surface area contributed by atoms with Gasteiger partial charge in [-0.2, -0.15) is 0 Å². The maximum Gasteiger partial charge on any atom is 0.311 e. The number of carbonyl (C=O) groups is 1. The first-order valence-electron chi connectivity index (χ1n) is 9.95. The first kappa shape index (κ1) is 20.8. The Morgan fingerprint density at radius 1 is 1.07 bits per heavy atom. The molecule has 0 aliphatic heterocycles. The van der Waals surface area contributed by atoms with Crippen LogP contribution in [0.1, 0.15) is 52.2 Å². The van der Waals surface area contributed by atoms with Crippen molar-refractivity contribution in [3.8, 4) is 17.1 Å². The van der Waals surface area contributed by atoms with Crippen LogP contribution in [0.15, 0.2) is 51.7 Å². The summed E-state index contributed by atoms with van der Waals surface area (Å²) in [5.41, 5.74) is 2.95. The molecule has 152 valence electrons. The van der Waals surface area contributed by atoms with Crippen molar-refractivity contribution in [3.63, 3.8) is 0 Å². The summed E-state index contributed by atoms with van der Waals surface area (Å²) < 4.78 is 11.6. The fourth-order valence-corrected chi connectivity index (χ4v) is 3.19. The summed E-state index contributed by atoms with van der Waals surface area (Å²) in [5, 5.41) is 0.410. The number of benzene rings is 2. The van der Waals surface area contributed by atoms with Crippen molar-refractivity contribution in [1.29, 1.82) is 0 Å². The van der Waals surface area contributed by atoms with Gasteiger partial charge < -0.3 is 9.15 Å². The van der Waals surface area contributed by atoms with E-state index in [1.54, 1.807) is 12.1 Å². The fourth-order valence-electron chi connectivity index (χ4n) is 3.19. The van der Waals surface area contributed by atoms with E-state index in [1.807, 2.05) is 51.1 Å². The lowest BCUT2D eigenvalue weighted by molar-refractivity contribution is -0.135. The molecule has 0 amide bonds. The van der Waals surface area contributed by atoms with Gasteiger partial charge in [0.25, 0.3) is 0 Å². The maximum atomic E-state index is 13.2. The van der Waals surface area contributed by atoms with E-state index in [2.05, 4.69) is 20.8 Å². The minimum absolute atomic E-state index is 0.00678. The van der Waals surface area contributed by atoms with Gasteiger partial charge in [0.1, 0.15) is 5.58 Å². The second-order valence-corrected chi connectivity index (χ2v) is 8.99. The van der Waals surface area contributed by atoms with E-state index in [4.69, 9.17) is 9.15 Å². The highest BCUT2D eigenvalue weighted by Gasteiger charge is 2.22. The third-order valence-electron chi connectivity index (χ3n) is 4.81. The van der Waals surface area contributed by atoms with Crippen molar-refractivity contribution >= 4 is 16.9 Å². The van der Waals surface area contributed by atoms with Crippen molar-refractivity contribution in [1.82, 2.24) is 0 Å². The van der Waals surface area contributed by atoms with E-state index in [0.717, 1.165) is 5.56 Å².